The zero-order valence-corrected chi connectivity index (χ0v) is 12.4. The molecule has 2 rings (SSSR count). The van der Waals surface area contributed by atoms with Gasteiger partial charge in [0.2, 0.25) is 0 Å². The molecule has 0 atom stereocenters. The van der Waals surface area contributed by atoms with Crippen molar-refractivity contribution >= 4 is 21.6 Å². The fraction of sp³-hybridized carbons (Fsp3) is 0.500. The zero-order chi connectivity index (χ0) is 15.7. The van der Waals surface area contributed by atoms with E-state index in [1.165, 1.54) is 0 Å². The number of rotatable bonds is 4. The van der Waals surface area contributed by atoms with E-state index < -0.39 is 26.7 Å². The van der Waals surface area contributed by atoms with Crippen LogP contribution < -0.4 is 4.89 Å². The standard InChI is InChI=1S/C12H13ClF3NO3S/c13-10-6-5-8(12(14,15)16)7-11(10)21(18,19)17-20-9-3-1-2-4-9/h5-7,9,17H,1-4H2. The van der Waals surface area contributed by atoms with Gasteiger partial charge in [-0.3, -0.25) is 4.84 Å². The molecule has 0 aromatic heterocycles. The highest BCUT2D eigenvalue weighted by Crippen LogP contribution is 2.33. The van der Waals surface area contributed by atoms with Crippen molar-refractivity contribution in [3.63, 3.8) is 0 Å². The van der Waals surface area contributed by atoms with Crippen LogP contribution in [-0.2, 0) is 21.0 Å². The van der Waals surface area contributed by atoms with Crippen LogP contribution in [0.5, 0.6) is 0 Å². The Bertz CT molecular complexity index is 613. The van der Waals surface area contributed by atoms with E-state index >= 15 is 0 Å². The average molecular weight is 344 g/mol. The second-order valence-electron chi connectivity index (χ2n) is 4.75. The minimum absolute atomic E-state index is 0.260. The molecule has 0 bridgehead atoms. The Labute approximate surface area is 125 Å². The summed E-state index contributed by atoms with van der Waals surface area (Å²) < 4.78 is 61.9. The number of hydrogen-bond donors (Lipinski definition) is 1. The van der Waals surface area contributed by atoms with Gasteiger partial charge in [-0.1, -0.05) is 29.3 Å². The molecule has 1 aromatic rings. The number of alkyl halides is 3. The SMILES string of the molecule is O=S(=O)(NOC1CCCC1)c1cc(C(F)(F)F)ccc1Cl. The maximum absolute atomic E-state index is 12.6. The molecule has 0 heterocycles. The average Bonchev–Trinajstić information content (AvgIpc) is 2.88. The third-order valence-electron chi connectivity index (χ3n) is 3.17. The molecule has 0 radical (unpaired) electrons. The quantitative estimate of drug-likeness (QED) is 0.851. The van der Waals surface area contributed by atoms with Gasteiger partial charge in [0.05, 0.1) is 16.7 Å². The highest BCUT2D eigenvalue weighted by atomic mass is 35.5. The van der Waals surface area contributed by atoms with Crippen LogP contribution in [0.25, 0.3) is 0 Å². The Morgan fingerprint density at radius 3 is 2.43 bits per heavy atom. The Hall–Kier alpha value is -0.830. The molecule has 0 saturated heterocycles. The van der Waals surface area contributed by atoms with Gasteiger partial charge in [-0.25, -0.2) is 8.42 Å². The van der Waals surface area contributed by atoms with Crippen LogP contribution in [-0.4, -0.2) is 14.5 Å². The van der Waals surface area contributed by atoms with Crippen molar-refractivity contribution in [1.29, 1.82) is 0 Å². The van der Waals surface area contributed by atoms with Gasteiger partial charge in [0.25, 0.3) is 10.0 Å². The third-order valence-corrected chi connectivity index (χ3v) is 4.85. The first-order valence-corrected chi connectivity index (χ1v) is 8.10. The molecule has 4 nitrogen and oxygen atoms in total. The predicted molar refractivity (Wildman–Crippen MR) is 70.1 cm³/mol. The van der Waals surface area contributed by atoms with Crippen molar-refractivity contribution in [2.75, 3.05) is 0 Å². The first kappa shape index (κ1) is 16.5. The Balaban J connectivity index is 2.22. The van der Waals surface area contributed by atoms with E-state index in [4.69, 9.17) is 16.4 Å². The maximum atomic E-state index is 12.6. The highest BCUT2D eigenvalue weighted by Gasteiger charge is 2.33. The van der Waals surface area contributed by atoms with Gasteiger partial charge in [0.1, 0.15) is 4.90 Å². The largest absolute Gasteiger partial charge is 0.416 e. The van der Waals surface area contributed by atoms with Crippen LogP contribution in [0.2, 0.25) is 5.02 Å². The Kier molecular flexibility index (Phi) is 4.82. The number of nitrogens with one attached hydrogen (secondary N) is 1. The van der Waals surface area contributed by atoms with Crippen molar-refractivity contribution in [1.82, 2.24) is 4.89 Å². The fourth-order valence-corrected chi connectivity index (χ4v) is 3.45. The molecule has 0 amide bonds. The van der Waals surface area contributed by atoms with Gasteiger partial charge in [0.15, 0.2) is 0 Å². The first-order valence-electron chi connectivity index (χ1n) is 6.24. The summed E-state index contributed by atoms with van der Waals surface area (Å²) >= 11 is 5.68. The van der Waals surface area contributed by atoms with E-state index in [2.05, 4.69) is 0 Å². The van der Waals surface area contributed by atoms with Crippen LogP contribution in [0.15, 0.2) is 23.1 Å². The topological polar surface area (TPSA) is 55.4 Å². The van der Waals surface area contributed by atoms with E-state index in [-0.39, 0.29) is 11.1 Å². The van der Waals surface area contributed by atoms with Crippen LogP contribution >= 0.6 is 11.6 Å². The lowest BCUT2D eigenvalue weighted by atomic mass is 10.2. The number of hydrogen-bond acceptors (Lipinski definition) is 3. The van der Waals surface area contributed by atoms with E-state index in [1.807, 2.05) is 4.89 Å². The molecule has 1 fully saturated rings. The van der Waals surface area contributed by atoms with E-state index in [0.717, 1.165) is 25.0 Å². The van der Waals surface area contributed by atoms with Crippen molar-refractivity contribution in [3.8, 4) is 0 Å². The molecule has 21 heavy (non-hydrogen) atoms. The molecular formula is C12H13ClF3NO3S. The molecule has 1 aliphatic rings. The molecule has 9 heteroatoms. The molecule has 118 valence electrons. The zero-order valence-electron chi connectivity index (χ0n) is 10.8. The van der Waals surface area contributed by atoms with Gasteiger partial charge in [-0.05, 0) is 31.0 Å². The summed E-state index contributed by atoms with van der Waals surface area (Å²) in [6, 6.07) is 2.11. The van der Waals surface area contributed by atoms with Gasteiger partial charge >= 0.3 is 6.18 Å². The molecule has 0 unspecified atom stereocenters. The minimum atomic E-state index is -4.65. The van der Waals surface area contributed by atoms with Crippen LogP contribution in [0.3, 0.4) is 0 Å². The normalized spacial score (nSPS) is 17.3. The number of benzene rings is 1. The van der Waals surface area contributed by atoms with Crippen molar-refractivity contribution in [3.05, 3.63) is 28.8 Å². The van der Waals surface area contributed by atoms with Crippen LogP contribution in [0.1, 0.15) is 31.2 Å². The molecule has 1 aliphatic carbocycles. The molecular weight excluding hydrogens is 331 g/mol. The fourth-order valence-electron chi connectivity index (χ4n) is 2.07. The summed E-state index contributed by atoms with van der Waals surface area (Å²) in [4.78, 5) is 6.23. The lowest BCUT2D eigenvalue weighted by Crippen LogP contribution is -2.29. The second-order valence-corrected chi connectivity index (χ2v) is 6.77. The third kappa shape index (κ3) is 4.09. The first-order chi connectivity index (χ1) is 9.70. The lowest BCUT2D eigenvalue weighted by molar-refractivity contribution is -0.137. The molecule has 0 spiro atoms. The summed E-state index contributed by atoms with van der Waals surface area (Å²) in [7, 11) is -4.27. The predicted octanol–water partition coefficient (Wildman–Crippen LogP) is 3.51. The van der Waals surface area contributed by atoms with Crippen molar-refractivity contribution < 1.29 is 26.4 Å². The van der Waals surface area contributed by atoms with Gasteiger partial charge in [-0.2, -0.15) is 13.2 Å². The minimum Gasteiger partial charge on any atom is -0.284 e. The summed E-state index contributed by atoms with van der Waals surface area (Å²) in [5.74, 6) is 0. The van der Waals surface area contributed by atoms with Crippen LogP contribution in [0, 0.1) is 0 Å². The Morgan fingerprint density at radius 1 is 1.24 bits per heavy atom. The van der Waals surface area contributed by atoms with Crippen LogP contribution in [0.4, 0.5) is 13.2 Å². The van der Waals surface area contributed by atoms with Crippen molar-refractivity contribution in [2.45, 2.75) is 42.9 Å². The number of halogens is 4. The smallest absolute Gasteiger partial charge is 0.284 e. The Morgan fingerprint density at radius 2 is 1.86 bits per heavy atom. The summed E-state index contributed by atoms with van der Waals surface area (Å²) in [6.07, 6.45) is -1.64. The lowest BCUT2D eigenvalue weighted by Gasteiger charge is -2.14. The van der Waals surface area contributed by atoms with E-state index in [9.17, 15) is 21.6 Å². The van der Waals surface area contributed by atoms with Gasteiger partial charge in [0, 0.05) is 0 Å². The number of sulfonamides is 1. The monoisotopic (exact) mass is 343 g/mol. The van der Waals surface area contributed by atoms with Crippen molar-refractivity contribution in [2.24, 2.45) is 0 Å². The maximum Gasteiger partial charge on any atom is 0.416 e. The summed E-state index contributed by atoms with van der Waals surface area (Å²) in [6.45, 7) is 0. The highest BCUT2D eigenvalue weighted by molar-refractivity contribution is 7.89. The van der Waals surface area contributed by atoms with Gasteiger partial charge < -0.3 is 0 Å². The molecule has 1 N–H and O–H groups in total. The summed E-state index contributed by atoms with van der Waals surface area (Å²) in [5, 5.41) is -0.300. The van der Waals surface area contributed by atoms with Gasteiger partial charge in [-0.15, -0.1) is 0 Å². The summed E-state index contributed by atoms with van der Waals surface area (Å²) in [5.41, 5.74) is -1.09. The van der Waals surface area contributed by atoms with E-state index in [1.54, 1.807) is 0 Å². The second kappa shape index (κ2) is 6.12. The molecule has 1 saturated carbocycles. The van der Waals surface area contributed by atoms with E-state index in [0.29, 0.717) is 18.9 Å². The molecule has 0 aliphatic heterocycles. The molecule has 1 aromatic carbocycles.